The highest BCUT2D eigenvalue weighted by molar-refractivity contribution is 5.82. The summed E-state index contributed by atoms with van der Waals surface area (Å²) >= 11 is 0. The predicted octanol–water partition coefficient (Wildman–Crippen LogP) is 2.07. The Labute approximate surface area is 184 Å². The number of fused-ring (bicyclic) bond motifs is 1. The fraction of sp³-hybridized carbons (Fsp3) is 0.565. The number of likely N-dealkylation sites (N-methyl/N-ethyl adjacent to an activating group) is 2. The van der Waals surface area contributed by atoms with E-state index in [4.69, 9.17) is 14.7 Å². The van der Waals surface area contributed by atoms with Crippen LogP contribution >= 0.6 is 0 Å². The molecular formula is C23H32N6O2. The molecule has 31 heavy (non-hydrogen) atoms. The van der Waals surface area contributed by atoms with Gasteiger partial charge in [0.05, 0.1) is 6.54 Å². The minimum Gasteiger partial charge on any atom is -0.488 e. The van der Waals surface area contributed by atoms with Crippen molar-refractivity contribution in [3.8, 4) is 17.3 Å². The zero-order valence-corrected chi connectivity index (χ0v) is 19.1. The van der Waals surface area contributed by atoms with E-state index in [0.29, 0.717) is 11.5 Å². The Balaban J connectivity index is 1.58. The lowest BCUT2D eigenvalue weighted by Crippen LogP contribution is -2.51. The Bertz CT molecular complexity index is 965. The van der Waals surface area contributed by atoms with Gasteiger partial charge in [0.25, 0.3) is 0 Å². The number of anilines is 1. The lowest BCUT2D eigenvalue weighted by atomic mass is 10.1. The lowest BCUT2D eigenvalue weighted by molar-refractivity contribution is -0.121. The van der Waals surface area contributed by atoms with Gasteiger partial charge in [-0.25, -0.2) is 9.97 Å². The van der Waals surface area contributed by atoms with Crippen molar-refractivity contribution in [1.29, 1.82) is 0 Å². The van der Waals surface area contributed by atoms with Gasteiger partial charge in [-0.3, -0.25) is 14.7 Å². The van der Waals surface area contributed by atoms with Crippen molar-refractivity contribution >= 4 is 11.7 Å². The van der Waals surface area contributed by atoms with Crippen LogP contribution in [0.25, 0.3) is 11.5 Å². The number of nitrogens with one attached hydrogen (secondary N) is 1. The van der Waals surface area contributed by atoms with Gasteiger partial charge in [-0.1, -0.05) is 0 Å². The number of pyridine rings is 1. The first-order chi connectivity index (χ1) is 14.7. The summed E-state index contributed by atoms with van der Waals surface area (Å²) < 4.78 is 6.05. The molecule has 0 radical (unpaired) electrons. The van der Waals surface area contributed by atoms with E-state index in [9.17, 15) is 4.79 Å². The van der Waals surface area contributed by atoms with E-state index in [1.54, 1.807) is 6.20 Å². The summed E-state index contributed by atoms with van der Waals surface area (Å²) in [5, 5.41) is 3.02. The largest absolute Gasteiger partial charge is 0.488 e. The zero-order valence-electron chi connectivity index (χ0n) is 19.1. The summed E-state index contributed by atoms with van der Waals surface area (Å²) in [4.78, 5) is 30.8. The van der Waals surface area contributed by atoms with Gasteiger partial charge in [0, 0.05) is 49.2 Å². The number of hydrogen-bond acceptors (Lipinski definition) is 7. The molecule has 0 atom stereocenters. The molecule has 0 unspecified atom stereocenters. The van der Waals surface area contributed by atoms with Crippen molar-refractivity contribution in [2.45, 2.75) is 51.7 Å². The van der Waals surface area contributed by atoms with Crippen LogP contribution in [-0.4, -0.2) is 71.1 Å². The molecule has 1 aliphatic carbocycles. The third-order valence-electron chi connectivity index (χ3n) is 5.46. The standard InChI is InChI=1S/C23H32N6O2/c1-23(2,3)27-20(30)14-29(5)22-17-7-6-8-18(17)25-21(26-22)19-11-15(9-10-24-19)31-16-12-28(4)13-16/h9-11,16H,6-8,12-14H2,1-5H3,(H,27,30). The second kappa shape index (κ2) is 8.42. The minimum atomic E-state index is -0.268. The van der Waals surface area contributed by atoms with Gasteiger partial charge in [0.1, 0.15) is 23.4 Å². The number of aryl methyl sites for hydroxylation is 1. The van der Waals surface area contributed by atoms with Crippen LogP contribution in [0.2, 0.25) is 0 Å². The third kappa shape index (κ3) is 5.12. The molecule has 0 aromatic carbocycles. The van der Waals surface area contributed by atoms with Crippen molar-refractivity contribution in [2.24, 2.45) is 0 Å². The van der Waals surface area contributed by atoms with E-state index in [-0.39, 0.29) is 24.1 Å². The highest BCUT2D eigenvalue weighted by Gasteiger charge is 2.26. The van der Waals surface area contributed by atoms with Crippen LogP contribution in [0.3, 0.4) is 0 Å². The first kappa shape index (κ1) is 21.5. The topological polar surface area (TPSA) is 83.5 Å². The van der Waals surface area contributed by atoms with E-state index < -0.39 is 0 Å². The number of rotatable bonds is 6. The van der Waals surface area contributed by atoms with E-state index >= 15 is 0 Å². The molecule has 8 heteroatoms. The summed E-state index contributed by atoms with van der Waals surface area (Å²) in [5.74, 6) is 2.15. The third-order valence-corrected chi connectivity index (χ3v) is 5.46. The number of ether oxygens (including phenoxy) is 1. The zero-order chi connectivity index (χ0) is 22.2. The maximum Gasteiger partial charge on any atom is 0.239 e. The Morgan fingerprint density at radius 3 is 2.77 bits per heavy atom. The van der Waals surface area contributed by atoms with Gasteiger partial charge in [-0.2, -0.15) is 0 Å². The van der Waals surface area contributed by atoms with Crippen LogP contribution in [0.5, 0.6) is 5.75 Å². The van der Waals surface area contributed by atoms with E-state index in [1.807, 2.05) is 44.9 Å². The quantitative estimate of drug-likeness (QED) is 0.760. The highest BCUT2D eigenvalue weighted by Crippen LogP contribution is 2.31. The first-order valence-electron chi connectivity index (χ1n) is 10.9. The van der Waals surface area contributed by atoms with Crippen molar-refractivity contribution in [2.75, 3.05) is 38.6 Å². The van der Waals surface area contributed by atoms with Crippen molar-refractivity contribution in [3.05, 3.63) is 29.6 Å². The van der Waals surface area contributed by atoms with Gasteiger partial charge in [-0.15, -0.1) is 0 Å². The number of carbonyl (C=O) groups is 1. The molecule has 1 fully saturated rings. The van der Waals surface area contributed by atoms with Gasteiger partial charge < -0.3 is 15.0 Å². The molecule has 2 aromatic heterocycles. The average Bonchev–Trinajstić information content (AvgIpc) is 3.13. The number of amides is 1. The number of hydrogen-bond donors (Lipinski definition) is 1. The van der Waals surface area contributed by atoms with Gasteiger partial charge in [-0.05, 0) is 53.1 Å². The smallest absolute Gasteiger partial charge is 0.239 e. The molecular weight excluding hydrogens is 392 g/mol. The van der Waals surface area contributed by atoms with Crippen LogP contribution in [0.15, 0.2) is 18.3 Å². The molecule has 166 valence electrons. The summed E-state index contributed by atoms with van der Waals surface area (Å²) in [6.07, 6.45) is 4.86. The predicted molar refractivity (Wildman–Crippen MR) is 120 cm³/mol. The summed E-state index contributed by atoms with van der Waals surface area (Å²) in [5.41, 5.74) is 2.61. The van der Waals surface area contributed by atoms with E-state index in [1.165, 1.54) is 0 Å². The van der Waals surface area contributed by atoms with E-state index in [0.717, 1.165) is 55.2 Å². The van der Waals surface area contributed by atoms with Crippen molar-refractivity contribution < 1.29 is 9.53 Å². The Hall–Kier alpha value is -2.74. The second-order valence-electron chi connectivity index (χ2n) is 9.64. The van der Waals surface area contributed by atoms with Crippen LogP contribution in [0, 0.1) is 0 Å². The Kier molecular flexibility index (Phi) is 5.83. The van der Waals surface area contributed by atoms with Crippen LogP contribution < -0.4 is 15.0 Å². The Morgan fingerprint density at radius 2 is 2.06 bits per heavy atom. The first-order valence-corrected chi connectivity index (χ1v) is 10.9. The molecule has 3 heterocycles. The molecule has 2 aromatic rings. The van der Waals surface area contributed by atoms with Crippen LogP contribution in [-0.2, 0) is 17.6 Å². The molecule has 0 saturated carbocycles. The number of nitrogens with zero attached hydrogens (tertiary/aromatic N) is 5. The van der Waals surface area contributed by atoms with Crippen LogP contribution in [0.4, 0.5) is 5.82 Å². The molecule has 1 saturated heterocycles. The lowest BCUT2D eigenvalue weighted by Gasteiger charge is -2.35. The molecule has 2 aliphatic rings. The number of likely N-dealkylation sites (tertiary alicyclic amines) is 1. The summed E-state index contributed by atoms with van der Waals surface area (Å²) in [6.45, 7) is 8.04. The normalized spacial score (nSPS) is 16.5. The van der Waals surface area contributed by atoms with Crippen molar-refractivity contribution in [3.63, 3.8) is 0 Å². The summed E-state index contributed by atoms with van der Waals surface area (Å²) in [6, 6.07) is 3.78. The molecule has 0 bridgehead atoms. The van der Waals surface area contributed by atoms with E-state index in [2.05, 4.69) is 22.2 Å². The molecule has 1 amide bonds. The van der Waals surface area contributed by atoms with Crippen LogP contribution in [0.1, 0.15) is 38.4 Å². The SMILES string of the molecule is CN1CC(Oc2ccnc(-c3nc4c(c(N(C)CC(=O)NC(C)(C)C)n3)CCC4)c2)C1. The van der Waals surface area contributed by atoms with Crippen molar-refractivity contribution in [1.82, 2.24) is 25.2 Å². The fourth-order valence-electron chi connectivity index (χ4n) is 4.11. The maximum atomic E-state index is 12.5. The molecule has 1 N–H and O–H groups in total. The average molecular weight is 425 g/mol. The Morgan fingerprint density at radius 1 is 1.29 bits per heavy atom. The van der Waals surface area contributed by atoms with Gasteiger partial charge in [0.2, 0.25) is 5.91 Å². The minimum absolute atomic E-state index is 0.0269. The number of carbonyl (C=O) groups excluding carboxylic acids is 1. The van der Waals surface area contributed by atoms with Gasteiger partial charge >= 0.3 is 0 Å². The number of aromatic nitrogens is 3. The molecule has 8 nitrogen and oxygen atoms in total. The monoisotopic (exact) mass is 424 g/mol. The molecule has 4 rings (SSSR count). The summed E-state index contributed by atoms with van der Waals surface area (Å²) in [7, 11) is 3.99. The highest BCUT2D eigenvalue weighted by atomic mass is 16.5. The van der Waals surface area contributed by atoms with Gasteiger partial charge in [0.15, 0.2) is 5.82 Å². The maximum absolute atomic E-state index is 12.5. The molecule has 0 spiro atoms. The molecule has 1 aliphatic heterocycles. The fourth-order valence-corrected chi connectivity index (χ4v) is 4.11. The second-order valence-corrected chi connectivity index (χ2v) is 9.64.